The van der Waals surface area contributed by atoms with Crippen LogP contribution in [0.2, 0.25) is 0 Å². The minimum absolute atomic E-state index is 0.0324. The molecule has 0 bridgehead atoms. The zero-order valence-corrected chi connectivity index (χ0v) is 5.89. The summed E-state index contributed by atoms with van der Waals surface area (Å²) < 4.78 is 1.57. The molecule has 2 nitrogen and oxygen atoms in total. The molecular formula is C6H7NOS. The lowest BCUT2D eigenvalue weighted by Gasteiger charge is -1.94. The van der Waals surface area contributed by atoms with Gasteiger partial charge in [0.15, 0.2) is 0 Å². The van der Waals surface area contributed by atoms with Crippen LogP contribution in [-0.2, 0) is 0 Å². The quantitative estimate of drug-likeness (QED) is 0.581. The molecular weight excluding hydrogens is 134 g/mol. The lowest BCUT2D eigenvalue weighted by molar-refractivity contribution is 1.15. The van der Waals surface area contributed by atoms with Crippen LogP contribution < -0.4 is 5.56 Å². The summed E-state index contributed by atoms with van der Waals surface area (Å²) in [6.45, 7) is 0. The van der Waals surface area contributed by atoms with Crippen molar-refractivity contribution in [2.24, 2.45) is 0 Å². The predicted octanol–water partition coefficient (Wildman–Crippen LogP) is 0.974. The molecule has 48 valence electrons. The molecule has 0 fully saturated rings. The summed E-state index contributed by atoms with van der Waals surface area (Å²) in [6, 6.07) is 5.10. The molecule has 0 saturated carbocycles. The normalized spacial score (nSPS) is 9.44. The number of pyridine rings is 1. The van der Waals surface area contributed by atoms with Crippen molar-refractivity contribution >= 4 is 11.9 Å². The average Bonchev–Trinajstić information content (AvgIpc) is 1.89. The van der Waals surface area contributed by atoms with Crippen molar-refractivity contribution in [1.82, 2.24) is 3.97 Å². The van der Waals surface area contributed by atoms with Crippen molar-refractivity contribution in [1.29, 1.82) is 0 Å². The Labute approximate surface area is 57.6 Å². The first-order valence-electron chi connectivity index (χ1n) is 2.57. The van der Waals surface area contributed by atoms with Crippen LogP contribution in [0.25, 0.3) is 0 Å². The summed E-state index contributed by atoms with van der Waals surface area (Å²) in [6.07, 6.45) is 3.61. The van der Waals surface area contributed by atoms with E-state index in [2.05, 4.69) is 0 Å². The molecule has 1 heterocycles. The molecule has 0 aromatic carbocycles. The summed E-state index contributed by atoms with van der Waals surface area (Å²) in [5.41, 5.74) is 0.0324. The van der Waals surface area contributed by atoms with E-state index in [0.717, 1.165) is 0 Å². The van der Waals surface area contributed by atoms with Gasteiger partial charge in [-0.25, -0.2) is 0 Å². The van der Waals surface area contributed by atoms with Gasteiger partial charge in [0.2, 0.25) is 0 Å². The zero-order chi connectivity index (χ0) is 6.69. The predicted molar refractivity (Wildman–Crippen MR) is 39.6 cm³/mol. The van der Waals surface area contributed by atoms with Crippen molar-refractivity contribution in [3.8, 4) is 0 Å². The summed E-state index contributed by atoms with van der Waals surface area (Å²) >= 11 is 1.40. The van der Waals surface area contributed by atoms with E-state index in [1.165, 1.54) is 18.0 Å². The first kappa shape index (κ1) is 6.42. The maximum Gasteiger partial charge on any atom is 0.260 e. The molecule has 1 aromatic heterocycles. The summed E-state index contributed by atoms with van der Waals surface area (Å²) in [4.78, 5) is 10.8. The highest BCUT2D eigenvalue weighted by atomic mass is 32.2. The third-order valence-electron chi connectivity index (χ3n) is 0.985. The Balaban J connectivity index is 3.16. The minimum atomic E-state index is 0.0324. The first-order valence-corrected chi connectivity index (χ1v) is 3.75. The Hall–Kier alpha value is -0.700. The second kappa shape index (κ2) is 2.73. The highest BCUT2D eigenvalue weighted by Crippen LogP contribution is 1.92. The van der Waals surface area contributed by atoms with Gasteiger partial charge < -0.3 is 0 Å². The van der Waals surface area contributed by atoms with Crippen LogP contribution in [0.3, 0.4) is 0 Å². The molecule has 1 aromatic rings. The van der Waals surface area contributed by atoms with Gasteiger partial charge in [0.1, 0.15) is 0 Å². The summed E-state index contributed by atoms with van der Waals surface area (Å²) in [7, 11) is 0. The van der Waals surface area contributed by atoms with E-state index < -0.39 is 0 Å². The minimum Gasteiger partial charge on any atom is -0.268 e. The number of hydrogen-bond acceptors (Lipinski definition) is 2. The largest absolute Gasteiger partial charge is 0.268 e. The molecule has 0 aliphatic rings. The van der Waals surface area contributed by atoms with Gasteiger partial charge in [0.05, 0.1) is 0 Å². The van der Waals surface area contributed by atoms with Crippen LogP contribution in [0.4, 0.5) is 0 Å². The highest BCUT2D eigenvalue weighted by Gasteiger charge is 1.85. The molecule has 3 heteroatoms. The molecule has 1 rings (SSSR count). The van der Waals surface area contributed by atoms with E-state index in [0.29, 0.717) is 0 Å². The molecule has 0 saturated heterocycles. The Morgan fingerprint density at radius 3 is 2.78 bits per heavy atom. The zero-order valence-electron chi connectivity index (χ0n) is 5.07. The van der Waals surface area contributed by atoms with E-state index in [1.807, 2.05) is 12.3 Å². The van der Waals surface area contributed by atoms with E-state index >= 15 is 0 Å². The molecule has 0 spiro atoms. The maximum absolute atomic E-state index is 10.8. The van der Waals surface area contributed by atoms with Crippen LogP contribution in [0.5, 0.6) is 0 Å². The number of rotatable bonds is 1. The molecule has 9 heavy (non-hydrogen) atoms. The number of nitrogens with zero attached hydrogens (tertiary/aromatic N) is 1. The summed E-state index contributed by atoms with van der Waals surface area (Å²) in [5, 5.41) is 0. The van der Waals surface area contributed by atoms with Crippen LogP contribution in [0.1, 0.15) is 0 Å². The maximum atomic E-state index is 10.8. The Bertz CT molecular complexity index is 243. The molecule has 0 aliphatic heterocycles. The standard InChI is InChI=1S/C6H7NOS/c1-9-7-5-3-2-4-6(7)8/h2-5H,1H3. The molecule has 0 atom stereocenters. The summed E-state index contributed by atoms with van der Waals surface area (Å²) in [5.74, 6) is 0. The van der Waals surface area contributed by atoms with E-state index in [4.69, 9.17) is 0 Å². The Morgan fingerprint density at radius 1 is 1.56 bits per heavy atom. The fourth-order valence-electron chi connectivity index (χ4n) is 0.563. The molecule has 0 N–H and O–H groups in total. The Kier molecular flexibility index (Phi) is 1.95. The first-order chi connectivity index (χ1) is 4.34. The van der Waals surface area contributed by atoms with E-state index in [-0.39, 0.29) is 5.56 Å². The average molecular weight is 141 g/mol. The molecule has 0 unspecified atom stereocenters. The molecule has 0 radical (unpaired) electrons. The van der Waals surface area contributed by atoms with Crippen molar-refractivity contribution in [2.45, 2.75) is 0 Å². The van der Waals surface area contributed by atoms with Crippen molar-refractivity contribution < 1.29 is 0 Å². The lowest BCUT2D eigenvalue weighted by atomic mass is 10.5. The highest BCUT2D eigenvalue weighted by molar-refractivity contribution is 7.97. The second-order valence-corrected chi connectivity index (χ2v) is 2.31. The molecule has 0 aliphatic carbocycles. The van der Waals surface area contributed by atoms with E-state index in [1.54, 1.807) is 16.2 Å². The van der Waals surface area contributed by atoms with Crippen molar-refractivity contribution in [2.75, 3.05) is 6.26 Å². The van der Waals surface area contributed by atoms with Gasteiger partial charge in [0.25, 0.3) is 5.56 Å². The van der Waals surface area contributed by atoms with Crippen molar-refractivity contribution in [3.63, 3.8) is 0 Å². The number of aromatic nitrogens is 1. The van der Waals surface area contributed by atoms with E-state index in [9.17, 15) is 4.79 Å². The lowest BCUT2D eigenvalue weighted by Crippen LogP contribution is -2.10. The molecule has 0 amide bonds. The Morgan fingerprint density at radius 2 is 2.33 bits per heavy atom. The fraction of sp³-hybridized carbons (Fsp3) is 0.167. The fourth-order valence-corrected chi connectivity index (χ4v) is 0.996. The van der Waals surface area contributed by atoms with Crippen LogP contribution >= 0.6 is 11.9 Å². The third-order valence-corrected chi connectivity index (χ3v) is 1.68. The monoisotopic (exact) mass is 141 g/mol. The van der Waals surface area contributed by atoms with Gasteiger partial charge in [-0.2, -0.15) is 0 Å². The van der Waals surface area contributed by atoms with Crippen LogP contribution in [0, 0.1) is 0 Å². The van der Waals surface area contributed by atoms with Crippen LogP contribution in [0.15, 0.2) is 29.2 Å². The van der Waals surface area contributed by atoms with Crippen molar-refractivity contribution in [3.05, 3.63) is 34.7 Å². The number of hydrogen-bond donors (Lipinski definition) is 0. The smallest absolute Gasteiger partial charge is 0.260 e. The topological polar surface area (TPSA) is 22.0 Å². The van der Waals surface area contributed by atoms with Gasteiger partial charge in [-0.3, -0.25) is 8.77 Å². The van der Waals surface area contributed by atoms with Gasteiger partial charge in [-0.15, -0.1) is 0 Å². The third kappa shape index (κ3) is 1.36. The SMILES string of the molecule is CSn1ccccc1=O. The van der Waals surface area contributed by atoms with Gasteiger partial charge in [-0.1, -0.05) is 6.07 Å². The van der Waals surface area contributed by atoms with Gasteiger partial charge >= 0.3 is 0 Å². The van der Waals surface area contributed by atoms with Gasteiger partial charge in [0, 0.05) is 18.5 Å². The van der Waals surface area contributed by atoms with Gasteiger partial charge in [-0.05, 0) is 18.0 Å². The second-order valence-electron chi connectivity index (χ2n) is 1.55. The van der Waals surface area contributed by atoms with Crippen LogP contribution in [-0.4, -0.2) is 10.2 Å².